The van der Waals surface area contributed by atoms with E-state index in [1.807, 2.05) is 6.21 Å². The number of hydrogen-bond acceptors (Lipinski definition) is 2. The molecular weight excluding hydrogens is 114 g/mol. The van der Waals surface area contributed by atoms with Crippen molar-refractivity contribution in [2.24, 2.45) is 4.99 Å². The Hall–Kier alpha value is -1.27. The zero-order chi connectivity index (χ0) is 6.10. The first-order chi connectivity index (χ1) is 4.47. The van der Waals surface area contributed by atoms with Crippen LogP contribution in [0.4, 0.5) is 0 Å². The molecule has 44 valence electrons. The molecule has 0 fully saturated rings. The van der Waals surface area contributed by atoms with Crippen LogP contribution in [0.3, 0.4) is 0 Å². The molecule has 0 aromatic heterocycles. The van der Waals surface area contributed by atoms with Gasteiger partial charge in [0, 0.05) is 18.2 Å². The van der Waals surface area contributed by atoms with Crippen molar-refractivity contribution in [3.05, 3.63) is 29.5 Å². The molecule has 0 radical (unpaired) electrons. The lowest BCUT2D eigenvalue weighted by molar-refractivity contribution is 0.372. The smallest absolute Gasteiger partial charge is 0.157 e. The second-order valence-electron chi connectivity index (χ2n) is 1.89. The highest BCUT2D eigenvalue weighted by atomic mass is 16.5. The van der Waals surface area contributed by atoms with Crippen LogP contribution in [0.25, 0.3) is 0 Å². The number of hydrogen-bond donors (Lipinski definition) is 0. The minimum absolute atomic E-state index is 0.845. The standard InChI is InChI=1S/C7H5NO/c1-3-8-5-7-6(1)2-4-9-7/h3-5H,1H2. The molecule has 0 bridgehead atoms. The zero-order valence-electron chi connectivity index (χ0n) is 4.79. The van der Waals surface area contributed by atoms with Crippen LogP contribution in [-0.4, -0.2) is 6.21 Å². The summed E-state index contributed by atoms with van der Waals surface area (Å²) in [5.74, 6) is 0.845. The molecule has 2 rings (SSSR count). The van der Waals surface area contributed by atoms with Crippen molar-refractivity contribution in [3.63, 3.8) is 0 Å². The lowest BCUT2D eigenvalue weighted by Gasteiger charge is -2.02. The van der Waals surface area contributed by atoms with E-state index < -0.39 is 0 Å². The number of ether oxygens (including phenoxy) is 1. The van der Waals surface area contributed by atoms with Gasteiger partial charge in [0.05, 0.1) is 6.20 Å². The maximum Gasteiger partial charge on any atom is 0.157 e. The highest BCUT2D eigenvalue weighted by Gasteiger charge is 2.10. The van der Waals surface area contributed by atoms with Gasteiger partial charge in [-0.15, -0.1) is 0 Å². The molecule has 2 heteroatoms. The zero-order valence-corrected chi connectivity index (χ0v) is 4.79. The molecule has 0 aliphatic carbocycles. The Labute approximate surface area is 52.9 Å². The van der Waals surface area contributed by atoms with Crippen LogP contribution in [0.1, 0.15) is 6.42 Å². The van der Waals surface area contributed by atoms with Crippen molar-refractivity contribution >= 4 is 6.21 Å². The van der Waals surface area contributed by atoms with Crippen LogP contribution in [-0.2, 0) is 4.74 Å². The van der Waals surface area contributed by atoms with Gasteiger partial charge in [-0.2, -0.15) is 0 Å². The lowest BCUT2D eigenvalue weighted by Crippen LogP contribution is -1.91. The minimum atomic E-state index is 0.845. The fraction of sp³-hybridized carbons (Fsp3) is 0.143. The third kappa shape index (κ3) is 0.609. The Balaban J connectivity index is 2.46. The molecule has 0 amide bonds. The van der Waals surface area contributed by atoms with E-state index in [4.69, 9.17) is 4.74 Å². The number of nitrogens with zero attached hydrogens (tertiary/aromatic N) is 1. The molecule has 2 heterocycles. The summed E-state index contributed by atoms with van der Waals surface area (Å²) in [4.78, 5) is 3.93. The van der Waals surface area contributed by atoms with Crippen molar-refractivity contribution < 1.29 is 4.74 Å². The maximum absolute atomic E-state index is 5.03. The Morgan fingerprint density at radius 1 is 1.67 bits per heavy atom. The van der Waals surface area contributed by atoms with Crippen LogP contribution in [0.15, 0.2) is 34.5 Å². The van der Waals surface area contributed by atoms with Gasteiger partial charge in [-0.25, -0.2) is 0 Å². The quantitative estimate of drug-likeness (QED) is 0.441. The van der Waals surface area contributed by atoms with Gasteiger partial charge >= 0.3 is 0 Å². The first kappa shape index (κ1) is 4.59. The van der Waals surface area contributed by atoms with E-state index >= 15 is 0 Å². The van der Waals surface area contributed by atoms with Gasteiger partial charge in [-0.3, -0.25) is 4.99 Å². The highest BCUT2D eigenvalue weighted by Crippen LogP contribution is 2.21. The third-order valence-corrected chi connectivity index (χ3v) is 1.31. The Bertz CT molecular complexity index is 254. The molecule has 9 heavy (non-hydrogen) atoms. The van der Waals surface area contributed by atoms with Gasteiger partial charge < -0.3 is 4.74 Å². The fourth-order valence-corrected chi connectivity index (χ4v) is 0.839. The Morgan fingerprint density at radius 3 is 3.56 bits per heavy atom. The third-order valence-electron chi connectivity index (χ3n) is 1.31. The van der Waals surface area contributed by atoms with E-state index in [1.165, 1.54) is 0 Å². The van der Waals surface area contributed by atoms with Crippen molar-refractivity contribution in [1.82, 2.24) is 0 Å². The van der Waals surface area contributed by atoms with Crippen LogP contribution >= 0.6 is 0 Å². The van der Waals surface area contributed by atoms with E-state index in [0.717, 1.165) is 17.8 Å². The average Bonchev–Trinajstić information content (AvgIpc) is 2.33. The molecule has 0 aromatic carbocycles. The van der Waals surface area contributed by atoms with Gasteiger partial charge in [0.1, 0.15) is 6.26 Å². The molecule has 2 aliphatic heterocycles. The van der Waals surface area contributed by atoms with Crippen LogP contribution in [0.2, 0.25) is 0 Å². The van der Waals surface area contributed by atoms with Crippen LogP contribution < -0.4 is 0 Å². The summed E-state index contributed by atoms with van der Waals surface area (Å²) in [7, 11) is 0. The summed E-state index contributed by atoms with van der Waals surface area (Å²) in [5, 5.41) is 0. The largest absolute Gasteiger partial charge is 0.454 e. The topological polar surface area (TPSA) is 21.6 Å². The van der Waals surface area contributed by atoms with E-state index in [9.17, 15) is 0 Å². The lowest BCUT2D eigenvalue weighted by atomic mass is 10.2. The number of allylic oxidation sites excluding steroid dienone is 1. The maximum atomic E-state index is 5.03. The summed E-state index contributed by atoms with van der Waals surface area (Å²) >= 11 is 0. The van der Waals surface area contributed by atoms with Crippen LogP contribution in [0.5, 0.6) is 0 Å². The summed E-state index contributed by atoms with van der Waals surface area (Å²) in [6, 6.07) is 0. The predicted octanol–water partition coefficient (Wildman–Crippen LogP) is 1.37. The summed E-state index contributed by atoms with van der Waals surface area (Å²) < 4.78 is 5.03. The monoisotopic (exact) mass is 119 g/mol. The second-order valence-corrected chi connectivity index (χ2v) is 1.89. The SMILES string of the molecule is C1=COC2=CN=CCC=12. The van der Waals surface area contributed by atoms with Gasteiger partial charge in [0.25, 0.3) is 0 Å². The normalized spacial score (nSPS) is 20.4. The van der Waals surface area contributed by atoms with Crippen molar-refractivity contribution in [3.8, 4) is 0 Å². The van der Waals surface area contributed by atoms with Gasteiger partial charge in [0.2, 0.25) is 0 Å². The second kappa shape index (κ2) is 1.61. The summed E-state index contributed by atoms with van der Waals surface area (Å²) in [6.45, 7) is 0. The predicted molar refractivity (Wildman–Crippen MR) is 33.9 cm³/mol. The molecule has 0 N–H and O–H groups in total. The molecule has 0 unspecified atom stereocenters. The summed E-state index contributed by atoms with van der Waals surface area (Å²) in [5.41, 5.74) is 4.07. The van der Waals surface area contributed by atoms with Crippen LogP contribution in [0, 0.1) is 0 Å². The molecule has 0 saturated heterocycles. The molecule has 0 atom stereocenters. The molecule has 0 aromatic rings. The molecule has 2 nitrogen and oxygen atoms in total. The van der Waals surface area contributed by atoms with Crippen molar-refractivity contribution in [1.29, 1.82) is 0 Å². The molecular formula is C7H5NO. The number of aliphatic imine (C=N–C) groups is 1. The van der Waals surface area contributed by atoms with Gasteiger partial charge in [-0.1, -0.05) is 5.73 Å². The minimum Gasteiger partial charge on any atom is -0.454 e. The Morgan fingerprint density at radius 2 is 2.67 bits per heavy atom. The molecule has 0 spiro atoms. The van der Waals surface area contributed by atoms with E-state index in [2.05, 4.69) is 10.7 Å². The fourth-order valence-electron chi connectivity index (χ4n) is 0.839. The highest BCUT2D eigenvalue weighted by molar-refractivity contribution is 5.66. The van der Waals surface area contributed by atoms with Gasteiger partial charge in [-0.05, 0) is 0 Å². The first-order valence-corrected chi connectivity index (χ1v) is 2.80. The van der Waals surface area contributed by atoms with Gasteiger partial charge in [0.15, 0.2) is 5.76 Å². The average molecular weight is 119 g/mol. The molecule has 0 saturated carbocycles. The summed E-state index contributed by atoms with van der Waals surface area (Å²) in [6.07, 6.45) is 5.96. The number of rotatable bonds is 0. The Kier molecular flexibility index (Phi) is 0.820. The van der Waals surface area contributed by atoms with E-state index in [0.29, 0.717) is 0 Å². The van der Waals surface area contributed by atoms with Crippen molar-refractivity contribution in [2.45, 2.75) is 6.42 Å². The number of fused-ring (bicyclic) bond motifs is 1. The van der Waals surface area contributed by atoms with Crippen molar-refractivity contribution in [2.75, 3.05) is 0 Å². The van der Waals surface area contributed by atoms with E-state index in [-0.39, 0.29) is 0 Å². The first-order valence-electron chi connectivity index (χ1n) is 2.80. The molecule has 2 aliphatic rings. The van der Waals surface area contributed by atoms with E-state index in [1.54, 1.807) is 12.5 Å².